The maximum absolute atomic E-state index is 12.2. The van der Waals surface area contributed by atoms with Gasteiger partial charge in [-0.05, 0) is 59.6 Å². The van der Waals surface area contributed by atoms with Crippen molar-refractivity contribution in [2.45, 2.75) is 13.8 Å². The molecule has 0 fully saturated rings. The summed E-state index contributed by atoms with van der Waals surface area (Å²) in [6, 6.07) is 11.1. The Kier molecular flexibility index (Phi) is 3.90. The molecule has 98 valence electrons. The SMILES string of the molecule is Cc1ccc(C(=O)Nc2c(C)cc(N)cc2Br)cc1. The molecule has 3 nitrogen and oxygen atoms in total. The quantitative estimate of drug-likeness (QED) is 0.825. The van der Waals surface area contributed by atoms with Gasteiger partial charge in [0, 0.05) is 15.7 Å². The van der Waals surface area contributed by atoms with Gasteiger partial charge < -0.3 is 11.1 Å². The van der Waals surface area contributed by atoms with E-state index in [9.17, 15) is 4.79 Å². The number of aryl methyl sites for hydroxylation is 2. The zero-order chi connectivity index (χ0) is 14.0. The van der Waals surface area contributed by atoms with Gasteiger partial charge in [0.25, 0.3) is 5.91 Å². The summed E-state index contributed by atoms with van der Waals surface area (Å²) < 4.78 is 0.783. The van der Waals surface area contributed by atoms with Gasteiger partial charge in [-0.1, -0.05) is 17.7 Å². The normalized spacial score (nSPS) is 10.3. The van der Waals surface area contributed by atoms with Gasteiger partial charge >= 0.3 is 0 Å². The summed E-state index contributed by atoms with van der Waals surface area (Å²) in [4.78, 5) is 12.2. The van der Waals surface area contributed by atoms with Gasteiger partial charge in [-0.2, -0.15) is 0 Å². The number of amides is 1. The first kappa shape index (κ1) is 13.6. The average molecular weight is 319 g/mol. The molecule has 0 saturated carbocycles. The maximum Gasteiger partial charge on any atom is 0.255 e. The second kappa shape index (κ2) is 5.45. The summed E-state index contributed by atoms with van der Waals surface area (Å²) in [6.45, 7) is 3.90. The molecule has 0 unspecified atom stereocenters. The van der Waals surface area contributed by atoms with Crippen molar-refractivity contribution in [3.63, 3.8) is 0 Å². The lowest BCUT2D eigenvalue weighted by molar-refractivity contribution is 0.102. The molecule has 0 radical (unpaired) electrons. The molecule has 2 aromatic rings. The molecule has 0 aliphatic carbocycles. The number of carbonyl (C=O) groups is 1. The monoisotopic (exact) mass is 318 g/mol. The van der Waals surface area contributed by atoms with Crippen molar-refractivity contribution in [2.24, 2.45) is 0 Å². The van der Waals surface area contributed by atoms with Crippen molar-refractivity contribution in [3.05, 3.63) is 57.6 Å². The van der Waals surface area contributed by atoms with E-state index >= 15 is 0 Å². The number of hydrogen-bond acceptors (Lipinski definition) is 2. The van der Waals surface area contributed by atoms with Crippen LogP contribution in [0.5, 0.6) is 0 Å². The fraction of sp³-hybridized carbons (Fsp3) is 0.133. The number of halogens is 1. The van der Waals surface area contributed by atoms with Gasteiger partial charge in [0.2, 0.25) is 0 Å². The fourth-order valence-electron chi connectivity index (χ4n) is 1.82. The summed E-state index contributed by atoms with van der Waals surface area (Å²) in [5.41, 5.74) is 9.84. The molecule has 3 N–H and O–H groups in total. The van der Waals surface area contributed by atoms with Gasteiger partial charge in [-0.3, -0.25) is 4.79 Å². The summed E-state index contributed by atoms with van der Waals surface area (Å²) in [6.07, 6.45) is 0. The van der Waals surface area contributed by atoms with E-state index in [1.54, 1.807) is 6.07 Å². The zero-order valence-corrected chi connectivity index (χ0v) is 12.4. The number of nitrogens with one attached hydrogen (secondary N) is 1. The minimum atomic E-state index is -0.131. The molecule has 0 atom stereocenters. The van der Waals surface area contributed by atoms with Gasteiger partial charge in [-0.15, -0.1) is 0 Å². The lowest BCUT2D eigenvalue weighted by Crippen LogP contribution is -2.13. The Labute approximate surface area is 121 Å². The summed E-state index contributed by atoms with van der Waals surface area (Å²) >= 11 is 3.42. The van der Waals surface area contributed by atoms with E-state index in [1.807, 2.05) is 44.2 Å². The second-order valence-corrected chi connectivity index (χ2v) is 5.37. The third kappa shape index (κ3) is 3.15. The smallest absolute Gasteiger partial charge is 0.255 e. The Morgan fingerprint density at radius 3 is 2.37 bits per heavy atom. The molecular weight excluding hydrogens is 304 g/mol. The van der Waals surface area contributed by atoms with Crippen molar-refractivity contribution >= 4 is 33.2 Å². The standard InChI is InChI=1S/C15H15BrN2O/c1-9-3-5-11(6-4-9)15(19)18-14-10(2)7-12(17)8-13(14)16/h3-8H,17H2,1-2H3,(H,18,19). The minimum Gasteiger partial charge on any atom is -0.399 e. The van der Waals surface area contributed by atoms with E-state index in [4.69, 9.17) is 5.73 Å². The van der Waals surface area contributed by atoms with Crippen LogP contribution in [0.25, 0.3) is 0 Å². The van der Waals surface area contributed by atoms with Crippen LogP contribution in [0.15, 0.2) is 40.9 Å². The molecule has 19 heavy (non-hydrogen) atoms. The van der Waals surface area contributed by atoms with Gasteiger partial charge in [0.05, 0.1) is 5.69 Å². The topological polar surface area (TPSA) is 55.1 Å². The summed E-state index contributed by atoms with van der Waals surface area (Å²) in [5, 5.41) is 2.90. The molecule has 0 spiro atoms. The van der Waals surface area contributed by atoms with Crippen molar-refractivity contribution in [2.75, 3.05) is 11.1 Å². The van der Waals surface area contributed by atoms with E-state index < -0.39 is 0 Å². The molecule has 0 heterocycles. The lowest BCUT2D eigenvalue weighted by Gasteiger charge is -2.11. The molecule has 1 amide bonds. The van der Waals surface area contributed by atoms with E-state index in [0.717, 1.165) is 21.3 Å². The molecule has 0 saturated heterocycles. The van der Waals surface area contributed by atoms with Crippen molar-refractivity contribution in [1.29, 1.82) is 0 Å². The Bertz CT molecular complexity index is 598. The molecular formula is C15H15BrN2O. The first-order valence-electron chi connectivity index (χ1n) is 5.91. The van der Waals surface area contributed by atoms with Crippen molar-refractivity contribution < 1.29 is 4.79 Å². The summed E-state index contributed by atoms with van der Waals surface area (Å²) in [5.74, 6) is -0.131. The van der Waals surface area contributed by atoms with Crippen LogP contribution in [0.1, 0.15) is 21.5 Å². The van der Waals surface area contributed by atoms with Crippen LogP contribution < -0.4 is 11.1 Å². The number of nitrogen functional groups attached to an aromatic ring is 1. The van der Waals surface area contributed by atoms with Crippen LogP contribution in [0, 0.1) is 13.8 Å². The highest BCUT2D eigenvalue weighted by atomic mass is 79.9. The van der Waals surface area contributed by atoms with Crippen LogP contribution in [-0.2, 0) is 0 Å². The predicted molar refractivity (Wildman–Crippen MR) is 82.4 cm³/mol. The minimum absolute atomic E-state index is 0.131. The van der Waals surface area contributed by atoms with Crippen LogP contribution >= 0.6 is 15.9 Å². The Morgan fingerprint density at radius 1 is 1.16 bits per heavy atom. The highest BCUT2D eigenvalue weighted by molar-refractivity contribution is 9.10. The number of carbonyl (C=O) groups excluding carboxylic acids is 1. The molecule has 4 heteroatoms. The van der Waals surface area contributed by atoms with Gasteiger partial charge in [0.1, 0.15) is 0 Å². The predicted octanol–water partition coefficient (Wildman–Crippen LogP) is 3.90. The highest BCUT2D eigenvalue weighted by Gasteiger charge is 2.10. The van der Waals surface area contributed by atoms with Crippen LogP contribution in [-0.4, -0.2) is 5.91 Å². The highest BCUT2D eigenvalue weighted by Crippen LogP contribution is 2.29. The number of benzene rings is 2. The van der Waals surface area contributed by atoms with Crippen LogP contribution in [0.2, 0.25) is 0 Å². The zero-order valence-electron chi connectivity index (χ0n) is 10.8. The first-order chi connectivity index (χ1) is 8.97. The maximum atomic E-state index is 12.2. The number of rotatable bonds is 2. The Balaban J connectivity index is 2.26. The molecule has 2 aromatic carbocycles. The Hall–Kier alpha value is -1.81. The molecule has 0 bridgehead atoms. The number of hydrogen-bond donors (Lipinski definition) is 2. The molecule has 0 aliphatic rings. The number of anilines is 2. The van der Waals surface area contributed by atoms with Crippen molar-refractivity contribution in [1.82, 2.24) is 0 Å². The molecule has 0 aliphatic heterocycles. The van der Waals surface area contributed by atoms with Crippen LogP contribution in [0.4, 0.5) is 11.4 Å². The van der Waals surface area contributed by atoms with Crippen molar-refractivity contribution in [3.8, 4) is 0 Å². The van der Waals surface area contributed by atoms with E-state index in [0.29, 0.717) is 11.3 Å². The summed E-state index contributed by atoms with van der Waals surface area (Å²) in [7, 11) is 0. The van der Waals surface area contributed by atoms with E-state index in [1.165, 1.54) is 0 Å². The van der Waals surface area contributed by atoms with E-state index in [2.05, 4.69) is 21.2 Å². The first-order valence-corrected chi connectivity index (χ1v) is 6.70. The van der Waals surface area contributed by atoms with E-state index in [-0.39, 0.29) is 5.91 Å². The fourth-order valence-corrected chi connectivity index (χ4v) is 2.50. The third-order valence-corrected chi connectivity index (χ3v) is 3.49. The second-order valence-electron chi connectivity index (χ2n) is 4.51. The van der Waals surface area contributed by atoms with Gasteiger partial charge in [-0.25, -0.2) is 0 Å². The van der Waals surface area contributed by atoms with Gasteiger partial charge in [0.15, 0.2) is 0 Å². The van der Waals surface area contributed by atoms with Crippen LogP contribution in [0.3, 0.4) is 0 Å². The Morgan fingerprint density at radius 2 is 1.79 bits per heavy atom. The average Bonchev–Trinajstić information content (AvgIpc) is 2.34. The number of nitrogens with two attached hydrogens (primary N) is 1. The molecule has 0 aromatic heterocycles. The largest absolute Gasteiger partial charge is 0.399 e. The third-order valence-electron chi connectivity index (χ3n) is 2.86. The molecule has 2 rings (SSSR count). The lowest BCUT2D eigenvalue weighted by atomic mass is 10.1.